The zero-order valence-electron chi connectivity index (χ0n) is 11.8. The van der Waals surface area contributed by atoms with Crippen LogP contribution in [0.4, 0.5) is 0 Å². The monoisotopic (exact) mass is 320 g/mol. The maximum Gasteiger partial charge on any atom is 0.340 e. The van der Waals surface area contributed by atoms with Gasteiger partial charge in [-0.05, 0) is 36.3 Å². The molecule has 0 atom stereocenters. The van der Waals surface area contributed by atoms with Crippen molar-refractivity contribution < 1.29 is 14.6 Å². The molecule has 0 aliphatic heterocycles. The fraction of sp³-hybridized carbons (Fsp3) is 0.188. The van der Waals surface area contributed by atoms with Crippen LogP contribution < -0.4 is 4.74 Å². The summed E-state index contributed by atoms with van der Waals surface area (Å²) in [6, 6.07) is 12.9. The molecule has 0 fully saturated rings. The highest BCUT2D eigenvalue weighted by atomic mass is 32.2. The summed E-state index contributed by atoms with van der Waals surface area (Å²) in [7, 11) is 0. The van der Waals surface area contributed by atoms with Crippen LogP contribution in [0.1, 0.15) is 17.3 Å². The number of hydrogen-bond donors (Lipinski definition) is 1. The van der Waals surface area contributed by atoms with Crippen molar-refractivity contribution in [2.24, 2.45) is 0 Å². The molecule has 2 aromatic carbocycles. The van der Waals surface area contributed by atoms with E-state index in [1.54, 1.807) is 17.8 Å². The zero-order valence-corrected chi connectivity index (χ0v) is 13.5. The number of benzene rings is 2. The van der Waals surface area contributed by atoms with Gasteiger partial charge in [0.05, 0.1) is 0 Å². The predicted molar refractivity (Wildman–Crippen MR) is 88.1 cm³/mol. The summed E-state index contributed by atoms with van der Waals surface area (Å²) in [6.45, 7) is 1.99. The molecule has 0 aliphatic carbocycles. The van der Waals surface area contributed by atoms with Gasteiger partial charge in [0, 0.05) is 9.79 Å². The van der Waals surface area contributed by atoms with Crippen LogP contribution in [0.5, 0.6) is 11.5 Å². The van der Waals surface area contributed by atoms with Crippen molar-refractivity contribution in [3.05, 3.63) is 48.0 Å². The van der Waals surface area contributed by atoms with E-state index in [0.29, 0.717) is 11.5 Å². The van der Waals surface area contributed by atoms with Crippen molar-refractivity contribution in [1.82, 2.24) is 0 Å². The fourth-order valence-electron chi connectivity index (χ4n) is 1.90. The van der Waals surface area contributed by atoms with E-state index in [9.17, 15) is 9.90 Å². The van der Waals surface area contributed by atoms with Gasteiger partial charge in [-0.25, -0.2) is 4.79 Å². The van der Waals surface area contributed by atoms with Gasteiger partial charge in [0.1, 0.15) is 17.1 Å². The quantitative estimate of drug-likeness (QED) is 0.758. The van der Waals surface area contributed by atoms with E-state index in [-0.39, 0.29) is 5.56 Å². The van der Waals surface area contributed by atoms with Gasteiger partial charge in [-0.15, -0.1) is 23.5 Å². The number of ether oxygens (including phenoxy) is 1. The first-order chi connectivity index (χ1) is 10.2. The predicted octanol–water partition coefficient (Wildman–Crippen LogP) is 5.01. The summed E-state index contributed by atoms with van der Waals surface area (Å²) >= 11 is 3.06. The number of carboxylic acid groups (broad SMARTS) is 1. The molecule has 21 heavy (non-hydrogen) atoms. The lowest BCUT2D eigenvalue weighted by atomic mass is 10.2. The second-order valence-corrected chi connectivity index (χ2v) is 6.27. The van der Waals surface area contributed by atoms with E-state index in [1.165, 1.54) is 11.8 Å². The van der Waals surface area contributed by atoms with Crippen LogP contribution in [0.3, 0.4) is 0 Å². The number of para-hydroxylation sites is 1. The van der Waals surface area contributed by atoms with Gasteiger partial charge in [-0.3, -0.25) is 0 Å². The first kappa shape index (κ1) is 15.8. The second kappa shape index (κ2) is 7.43. The van der Waals surface area contributed by atoms with Crippen LogP contribution >= 0.6 is 23.5 Å². The van der Waals surface area contributed by atoms with Gasteiger partial charge < -0.3 is 9.84 Å². The van der Waals surface area contributed by atoms with Gasteiger partial charge in [0.2, 0.25) is 0 Å². The molecule has 2 rings (SSSR count). The number of hydrogen-bond acceptors (Lipinski definition) is 4. The van der Waals surface area contributed by atoms with Gasteiger partial charge in [0.25, 0.3) is 0 Å². The number of carbonyl (C=O) groups is 1. The lowest BCUT2D eigenvalue weighted by molar-refractivity contribution is 0.0690. The van der Waals surface area contributed by atoms with E-state index < -0.39 is 5.97 Å². The normalized spacial score (nSPS) is 10.4. The third-order valence-corrected chi connectivity index (χ3v) is 4.51. The molecule has 0 radical (unpaired) electrons. The Bertz CT molecular complexity index is 641. The lowest BCUT2D eigenvalue weighted by Crippen LogP contribution is -2.02. The number of thioether (sulfide) groups is 2. The molecule has 0 aromatic heterocycles. The van der Waals surface area contributed by atoms with Crippen molar-refractivity contribution in [1.29, 1.82) is 0 Å². The Morgan fingerprint density at radius 1 is 1.10 bits per heavy atom. The topological polar surface area (TPSA) is 46.5 Å². The summed E-state index contributed by atoms with van der Waals surface area (Å²) in [4.78, 5) is 13.3. The number of aromatic carboxylic acids is 1. The van der Waals surface area contributed by atoms with Crippen LogP contribution in [-0.2, 0) is 0 Å². The van der Waals surface area contributed by atoms with Crippen LogP contribution in [0.2, 0.25) is 0 Å². The zero-order chi connectivity index (χ0) is 15.2. The van der Waals surface area contributed by atoms with Gasteiger partial charge in [0.15, 0.2) is 0 Å². The van der Waals surface area contributed by atoms with Gasteiger partial charge in [-0.1, -0.05) is 25.1 Å². The SMILES string of the molecule is CCSc1cccc(Oc2ccccc2SC)c1C(=O)O. The Morgan fingerprint density at radius 2 is 1.76 bits per heavy atom. The lowest BCUT2D eigenvalue weighted by Gasteiger charge is -2.13. The first-order valence-corrected chi connectivity index (χ1v) is 8.68. The summed E-state index contributed by atoms with van der Waals surface area (Å²) < 4.78 is 5.86. The van der Waals surface area contributed by atoms with Crippen LogP contribution in [0.15, 0.2) is 52.3 Å². The summed E-state index contributed by atoms with van der Waals surface area (Å²) in [5.74, 6) is 0.891. The van der Waals surface area contributed by atoms with Crippen LogP contribution in [0, 0.1) is 0 Å². The highest BCUT2D eigenvalue weighted by molar-refractivity contribution is 7.99. The maximum absolute atomic E-state index is 11.6. The average Bonchev–Trinajstić information content (AvgIpc) is 2.48. The average molecular weight is 320 g/mol. The molecule has 2 aromatic rings. The maximum atomic E-state index is 11.6. The standard InChI is InChI=1S/C16H16O3S2/c1-3-21-14-10-6-8-12(15(14)16(17)18)19-11-7-4-5-9-13(11)20-2/h4-10H,3H2,1-2H3,(H,17,18). The summed E-state index contributed by atoms with van der Waals surface area (Å²) in [6.07, 6.45) is 1.96. The van der Waals surface area contributed by atoms with E-state index in [4.69, 9.17) is 4.74 Å². The summed E-state index contributed by atoms with van der Waals surface area (Å²) in [5.41, 5.74) is 0.222. The minimum Gasteiger partial charge on any atom is -0.478 e. The molecule has 0 unspecified atom stereocenters. The van der Waals surface area contributed by atoms with Gasteiger partial charge >= 0.3 is 5.97 Å². The molecule has 0 aliphatic rings. The summed E-state index contributed by atoms with van der Waals surface area (Å²) in [5, 5.41) is 9.48. The van der Waals surface area contributed by atoms with Crippen molar-refractivity contribution in [2.45, 2.75) is 16.7 Å². The van der Waals surface area contributed by atoms with Crippen molar-refractivity contribution in [3.63, 3.8) is 0 Å². The molecule has 0 spiro atoms. The molecule has 0 heterocycles. The van der Waals surface area contributed by atoms with Crippen molar-refractivity contribution >= 4 is 29.5 Å². The first-order valence-electron chi connectivity index (χ1n) is 6.47. The Morgan fingerprint density at radius 3 is 2.43 bits per heavy atom. The third-order valence-electron chi connectivity index (χ3n) is 2.79. The molecule has 110 valence electrons. The van der Waals surface area contributed by atoms with Crippen molar-refractivity contribution in [3.8, 4) is 11.5 Å². The Kier molecular flexibility index (Phi) is 5.59. The third kappa shape index (κ3) is 3.74. The molecule has 3 nitrogen and oxygen atoms in total. The van der Waals surface area contributed by atoms with E-state index >= 15 is 0 Å². The molecule has 1 N–H and O–H groups in total. The Balaban J connectivity index is 2.44. The van der Waals surface area contributed by atoms with E-state index in [1.807, 2.05) is 49.6 Å². The largest absolute Gasteiger partial charge is 0.478 e. The Labute approximate surface area is 132 Å². The molecular formula is C16H16O3S2. The van der Waals surface area contributed by atoms with E-state index in [2.05, 4.69) is 0 Å². The minimum atomic E-state index is -0.969. The molecule has 0 saturated heterocycles. The van der Waals surface area contributed by atoms with E-state index in [0.717, 1.165) is 15.5 Å². The highest BCUT2D eigenvalue weighted by Crippen LogP contribution is 2.36. The highest BCUT2D eigenvalue weighted by Gasteiger charge is 2.18. The van der Waals surface area contributed by atoms with Crippen LogP contribution in [-0.4, -0.2) is 23.1 Å². The molecule has 0 bridgehead atoms. The number of rotatable bonds is 6. The molecule has 0 amide bonds. The van der Waals surface area contributed by atoms with Crippen LogP contribution in [0.25, 0.3) is 0 Å². The van der Waals surface area contributed by atoms with Gasteiger partial charge in [-0.2, -0.15) is 0 Å². The molecule has 5 heteroatoms. The molecular weight excluding hydrogens is 304 g/mol. The Hall–Kier alpha value is -1.59. The second-order valence-electron chi connectivity index (χ2n) is 4.12. The van der Waals surface area contributed by atoms with Crippen molar-refractivity contribution in [2.75, 3.05) is 12.0 Å². The minimum absolute atomic E-state index is 0.222. The molecule has 0 saturated carbocycles. The smallest absolute Gasteiger partial charge is 0.340 e. The fourth-order valence-corrected chi connectivity index (χ4v) is 3.25. The number of carboxylic acids is 1.